The van der Waals surface area contributed by atoms with Crippen LogP contribution in [0.5, 0.6) is 0 Å². The monoisotopic (exact) mass is 960 g/mol. The van der Waals surface area contributed by atoms with Gasteiger partial charge >= 0.3 is 0 Å². The Bertz CT molecular complexity index is 4250. The molecule has 0 bridgehead atoms. The summed E-state index contributed by atoms with van der Waals surface area (Å²) in [4.78, 5) is 2.43. The third kappa shape index (κ3) is 7.10. The normalized spacial score (nSPS) is 11.8. The molecule has 14 aromatic rings. The lowest BCUT2D eigenvalue weighted by molar-refractivity contribution is 0.668. The van der Waals surface area contributed by atoms with Crippen LogP contribution in [0.25, 0.3) is 82.5 Å². The Morgan fingerprint density at radius 1 is 0.311 bits per heavy atom. The minimum absolute atomic E-state index is 0.882. The first-order valence-electron chi connectivity index (χ1n) is 25.4. The van der Waals surface area contributed by atoms with E-state index in [2.05, 4.69) is 289 Å². The van der Waals surface area contributed by atoms with Crippen molar-refractivity contribution in [2.75, 3.05) is 4.90 Å². The van der Waals surface area contributed by atoms with Gasteiger partial charge in [0, 0.05) is 50.4 Å². The smallest absolute Gasteiger partial charge is 0.179 e. The maximum Gasteiger partial charge on any atom is 0.179 e. The predicted molar refractivity (Wildman–Crippen MR) is 315 cm³/mol. The van der Waals surface area contributed by atoms with Gasteiger partial charge in [-0.1, -0.05) is 218 Å². The summed E-state index contributed by atoms with van der Waals surface area (Å²) in [6.07, 6.45) is 0. The molecule has 0 amide bonds. The van der Waals surface area contributed by atoms with Gasteiger partial charge in [0.15, 0.2) is 8.07 Å². The third-order valence-electron chi connectivity index (χ3n) is 15.1. The number of nitrogens with zero attached hydrogens (tertiary/aromatic N) is 2. The number of furan rings is 1. The van der Waals surface area contributed by atoms with Gasteiger partial charge in [0.2, 0.25) is 0 Å². The lowest BCUT2D eigenvalue weighted by Crippen LogP contribution is -2.74. The zero-order chi connectivity index (χ0) is 49.0. The molecule has 0 spiro atoms. The van der Waals surface area contributed by atoms with Crippen molar-refractivity contribution in [3.05, 3.63) is 291 Å². The van der Waals surface area contributed by atoms with Gasteiger partial charge in [-0.25, -0.2) is 0 Å². The molecule has 14 rings (SSSR count). The number of rotatable bonds is 10. The fraction of sp³-hybridized carbons (Fsp3) is 0. The highest BCUT2D eigenvalue weighted by molar-refractivity contribution is 7.19. The Morgan fingerprint density at radius 2 is 0.811 bits per heavy atom. The summed E-state index contributed by atoms with van der Waals surface area (Å²) in [5, 5.41) is 12.5. The molecule has 0 aliphatic rings. The Hall–Kier alpha value is -9.48. The van der Waals surface area contributed by atoms with E-state index in [9.17, 15) is 0 Å². The number of fused-ring (bicyclic) bond motifs is 7. The first-order valence-corrected chi connectivity index (χ1v) is 27.4. The molecule has 0 fully saturated rings. The molecule has 12 aromatic carbocycles. The molecule has 74 heavy (non-hydrogen) atoms. The minimum atomic E-state index is -2.84. The maximum absolute atomic E-state index is 6.41. The summed E-state index contributed by atoms with van der Waals surface area (Å²) < 4.78 is 8.80. The van der Waals surface area contributed by atoms with E-state index in [-0.39, 0.29) is 0 Å². The van der Waals surface area contributed by atoms with Crippen LogP contribution in [0.1, 0.15) is 0 Å². The Labute approximate surface area is 431 Å². The molecule has 4 heteroatoms. The Morgan fingerprint density at radius 3 is 1.50 bits per heavy atom. The van der Waals surface area contributed by atoms with E-state index in [1.165, 1.54) is 59.0 Å². The lowest BCUT2D eigenvalue weighted by Gasteiger charge is -2.35. The van der Waals surface area contributed by atoms with Crippen LogP contribution in [-0.4, -0.2) is 12.6 Å². The SMILES string of the molecule is c1ccc([Si](c2ccccc2)(c2ccccc2)c2cccc(N(c3ccc(-c4cccc5ccccc45)cc3)c3ccc(-c4cccc5c4c4ccccc4n5-c4ccc5c(c4)oc4ccccc45)cc3)c2)cc1. The first kappa shape index (κ1) is 43.3. The van der Waals surface area contributed by atoms with Crippen LogP contribution in [0.15, 0.2) is 296 Å². The summed E-state index contributed by atoms with van der Waals surface area (Å²) in [6, 6.07) is 107. The topological polar surface area (TPSA) is 21.3 Å². The summed E-state index contributed by atoms with van der Waals surface area (Å²) in [6.45, 7) is 0. The standard InChI is InChI=1S/C70H48N2OSi/c1-4-22-56(23-5-1)74(57-24-6-2-7-25-57,58-26-8-3-9-27-58)59-28-17-21-54(47-59)71(52-41-37-50(38-42-52)61-32-16-20-49-19-10-11-29-60(49)61)53-43-39-51(40-44-53)62-33-18-35-67-70(62)65-31-12-14-34-66(65)72(67)55-45-46-64-63-30-13-15-36-68(63)73-69(64)48-55/h1-48H. The van der Waals surface area contributed by atoms with Crippen molar-refractivity contribution >= 4 is 100 Å². The van der Waals surface area contributed by atoms with Gasteiger partial charge in [0.05, 0.1) is 11.0 Å². The van der Waals surface area contributed by atoms with E-state index in [4.69, 9.17) is 4.42 Å². The third-order valence-corrected chi connectivity index (χ3v) is 19.9. The van der Waals surface area contributed by atoms with Crippen molar-refractivity contribution < 1.29 is 4.42 Å². The minimum Gasteiger partial charge on any atom is -0.456 e. The van der Waals surface area contributed by atoms with Crippen LogP contribution in [0.3, 0.4) is 0 Å². The molecule has 3 nitrogen and oxygen atoms in total. The molecule has 0 aliphatic heterocycles. The summed E-state index contributed by atoms with van der Waals surface area (Å²) >= 11 is 0. The van der Waals surface area contributed by atoms with Crippen molar-refractivity contribution in [3.8, 4) is 27.9 Å². The van der Waals surface area contributed by atoms with E-state index < -0.39 is 8.07 Å². The van der Waals surface area contributed by atoms with Crippen molar-refractivity contribution in [3.63, 3.8) is 0 Å². The molecular formula is C70H48N2OSi. The van der Waals surface area contributed by atoms with E-state index in [1.807, 2.05) is 12.1 Å². The van der Waals surface area contributed by atoms with Crippen LogP contribution < -0.4 is 25.6 Å². The van der Waals surface area contributed by atoms with Crippen LogP contribution in [0, 0.1) is 0 Å². The van der Waals surface area contributed by atoms with E-state index in [1.54, 1.807) is 0 Å². The molecular weight excluding hydrogens is 913 g/mol. The molecule has 0 radical (unpaired) electrons. The number of anilines is 3. The molecule has 0 saturated carbocycles. The summed E-state index contributed by atoms with van der Waals surface area (Å²) in [5.41, 5.74) is 13.2. The lowest BCUT2D eigenvalue weighted by atomic mass is 9.98. The van der Waals surface area contributed by atoms with Gasteiger partial charge < -0.3 is 13.9 Å². The quantitative estimate of drug-likeness (QED) is 0.101. The fourth-order valence-corrected chi connectivity index (χ4v) is 16.6. The Balaban J connectivity index is 0.927. The van der Waals surface area contributed by atoms with E-state index in [0.717, 1.165) is 61.3 Å². The number of hydrogen-bond acceptors (Lipinski definition) is 2. The van der Waals surface area contributed by atoms with Crippen LogP contribution in [0.4, 0.5) is 17.1 Å². The summed E-state index contributed by atoms with van der Waals surface area (Å²) in [5.74, 6) is 0. The number of aromatic nitrogens is 1. The number of para-hydroxylation sites is 2. The van der Waals surface area contributed by atoms with Gasteiger partial charge in [0.25, 0.3) is 0 Å². The molecule has 0 atom stereocenters. The van der Waals surface area contributed by atoms with Crippen LogP contribution in [0.2, 0.25) is 0 Å². The Kier molecular flexibility index (Phi) is 10.5. The largest absolute Gasteiger partial charge is 0.456 e. The van der Waals surface area contributed by atoms with Gasteiger partial charge in [0.1, 0.15) is 11.2 Å². The second-order valence-corrected chi connectivity index (χ2v) is 23.0. The van der Waals surface area contributed by atoms with Gasteiger partial charge in [-0.05, 0) is 121 Å². The van der Waals surface area contributed by atoms with E-state index >= 15 is 0 Å². The molecule has 0 N–H and O–H groups in total. The second-order valence-electron chi connectivity index (χ2n) is 19.2. The van der Waals surface area contributed by atoms with Crippen LogP contribution >= 0.6 is 0 Å². The van der Waals surface area contributed by atoms with Crippen molar-refractivity contribution in [2.24, 2.45) is 0 Å². The maximum atomic E-state index is 6.41. The van der Waals surface area contributed by atoms with Gasteiger partial charge in [-0.15, -0.1) is 0 Å². The molecule has 0 aliphatic carbocycles. The molecule has 348 valence electrons. The van der Waals surface area contributed by atoms with Gasteiger partial charge in [-0.2, -0.15) is 0 Å². The average molecular weight is 961 g/mol. The second kappa shape index (κ2) is 18.0. The predicted octanol–water partition coefficient (Wildman–Crippen LogP) is 16.0. The van der Waals surface area contributed by atoms with Crippen molar-refractivity contribution in [2.45, 2.75) is 0 Å². The zero-order valence-corrected chi connectivity index (χ0v) is 41.5. The highest BCUT2D eigenvalue weighted by Gasteiger charge is 2.41. The first-order chi connectivity index (χ1) is 36.7. The van der Waals surface area contributed by atoms with Crippen molar-refractivity contribution in [1.29, 1.82) is 0 Å². The summed E-state index contributed by atoms with van der Waals surface area (Å²) in [7, 11) is -2.84. The molecule has 2 aromatic heterocycles. The molecule has 0 saturated heterocycles. The number of hydrogen-bond donors (Lipinski definition) is 0. The molecule has 2 heterocycles. The fourth-order valence-electron chi connectivity index (χ4n) is 11.8. The zero-order valence-electron chi connectivity index (χ0n) is 40.5. The van der Waals surface area contributed by atoms with Crippen molar-refractivity contribution in [1.82, 2.24) is 4.57 Å². The average Bonchev–Trinajstić information content (AvgIpc) is 4.02. The van der Waals surface area contributed by atoms with E-state index in [0.29, 0.717) is 0 Å². The van der Waals surface area contributed by atoms with Crippen LogP contribution in [-0.2, 0) is 0 Å². The molecule has 0 unspecified atom stereocenters. The highest BCUT2D eigenvalue weighted by Crippen LogP contribution is 2.42. The van der Waals surface area contributed by atoms with Gasteiger partial charge in [-0.3, -0.25) is 0 Å². The number of benzene rings is 12. The highest BCUT2D eigenvalue weighted by atomic mass is 28.3.